The number of carboxylic acid groups (broad SMARTS) is 2. The number of benzene rings is 1. The number of non-ortho nitro benzene ring substituents is 1. The van der Waals surface area contributed by atoms with Crippen molar-refractivity contribution in [1.82, 2.24) is 4.90 Å². The van der Waals surface area contributed by atoms with E-state index in [1.54, 1.807) is 0 Å². The molecule has 0 fully saturated rings. The Kier molecular flexibility index (Phi) is 8.02. The summed E-state index contributed by atoms with van der Waals surface area (Å²) in [7, 11) is 0.911. The fraction of sp³-hybridized carbons (Fsp3) is 0.429. The van der Waals surface area contributed by atoms with E-state index < -0.39 is 51.0 Å². The van der Waals surface area contributed by atoms with Crippen molar-refractivity contribution in [3.05, 3.63) is 56.4 Å². The molecular weight excluding hydrogens is 529 g/mol. The maximum absolute atomic E-state index is 14.1. The summed E-state index contributed by atoms with van der Waals surface area (Å²) in [4.78, 5) is 35.6. The zero-order valence-electron chi connectivity index (χ0n) is 18.4. The number of carbonyl (C=O) groups is 2. The molecule has 0 saturated carbocycles. The number of nitro benzene ring substituents is 1. The molecule has 1 atom stereocenters. The summed E-state index contributed by atoms with van der Waals surface area (Å²) in [6.07, 6.45) is -3.98. The van der Waals surface area contributed by atoms with Crippen LogP contribution in [0.15, 0.2) is 40.7 Å². The third-order valence-electron chi connectivity index (χ3n) is 5.63. The summed E-state index contributed by atoms with van der Waals surface area (Å²) in [6.45, 7) is 2.17. The molecule has 9 nitrogen and oxygen atoms in total. The molecule has 186 valence electrons. The van der Waals surface area contributed by atoms with Crippen LogP contribution in [-0.2, 0) is 15.0 Å². The van der Waals surface area contributed by atoms with Gasteiger partial charge in [-0.2, -0.15) is 13.2 Å². The van der Waals surface area contributed by atoms with E-state index in [4.69, 9.17) is 4.74 Å². The number of ether oxygens (including phenoxy) is 1. The summed E-state index contributed by atoms with van der Waals surface area (Å²) in [6, 6.07) is 3.04. The zero-order valence-corrected chi connectivity index (χ0v) is 20.0. The molecule has 0 saturated heterocycles. The van der Waals surface area contributed by atoms with E-state index in [1.165, 1.54) is 0 Å². The van der Waals surface area contributed by atoms with Gasteiger partial charge in [-0.15, -0.1) is 0 Å². The highest BCUT2D eigenvalue weighted by Crippen LogP contribution is 2.52. The highest BCUT2D eigenvalue weighted by atomic mass is 79.9. The number of halogens is 4. The molecule has 1 aromatic carbocycles. The van der Waals surface area contributed by atoms with E-state index in [0.29, 0.717) is 23.1 Å². The Labute approximate surface area is 200 Å². The lowest BCUT2D eigenvalue weighted by atomic mass is 9.66. The lowest BCUT2D eigenvalue weighted by Gasteiger charge is -2.42. The second-order valence-corrected chi connectivity index (χ2v) is 8.45. The van der Waals surface area contributed by atoms with Crippen molar-refractivity contribution in [2.75, 3.05) is 19.0 Å². The third kappa shape index (κ3) is 4.88. The Morgan fingerprint density at radius 3 is 2.26 bits per heavy atom. The summed E-state index contributed by atoms with van der Waals surface area (Å²) < 4.78 is 47.9. The molecular formula is C21H22BrF3N2O7. The molecule has 2 rings (SSSR count). The number of aliphatic carboxylic acids is 2. The van der Waals surface area contributed by atoms with Gasteiger partial charge in [0.25, 0.3) is 5.69 Å². The molecule has 2 N–H and O–H groups in total. The highest BCUT2D eigenvalue weighted by Gasteiger charge is 2.56. The lowest BCUT2D eigenvalue weighted by Crippen LogP contribution is -2.46. The van der Waals surface area contributed by atoms with Crippen LogP contribution in [0.5, 0.6) is 5.75 Å². The first-order valence-electron chi connectivity index (χ1n) is 9.90. The van der Waals surface area contributed by atoms with E-state index in [-0.39, 0.29) is 23.6 Å². The number of nitro groups is 1. The van der Waals surface area contributed by atoms with Gasteiger partial charge in [0, 0.05) is 35.8 Å². The topological polar surface area (TPSA) is 130 Å². The van der Waals surface area contributed by atoms with E-state index in [0.717, 1.165) is 39.1 Å². The van der Waals surface area contributed by atoms with Crippen LogP contribution in [0, 0.1) is 10.1 Å². The Morgan fingerprint density at radius 1 is 1.21 bits per heavy atom. The molecule has 0 bridgehead atoms. The molecule has 1 unspecified atom stereocenters. The van der Waals surface area contributed by atoms with Gasteiger partial charge in [0.15, 0.2) is 0 Å². The number of allylic oxidation sites excluding steroid dienone is 2. The molecule has 1 heterocycles. The van der Waals surface area contributed by atoms with Crippen LogP contribution in [0.25, 0.3) is 0 Å². The predicted molar refractivity (Wildman–Crippen MR) is 118 cm³/mol. The maximum atomic E-state index is 14.1. The molecule has 1 aromatic rings. The monoisotopic (exact) mass is 550 g/mol. The predicted octanol–water partition coefficient (Wildman–Crippen LogP) is 4.61. The average molecular weight is 551 g/mol. The quantitative estimate of drug-likeness (QED) is 0.197. The number of carboxylic acids is 2. The first kappa shape index (κ1) is 27.2. The van der Waals surface area contributed by atoms with Crippen LogP contribution in [0.1, 0.15) is 32.3 Å². The Balaban J connectivity index is 3.00. The number of hydrogen-bond acceptors (Lipinski definition) is 6. The minimum absolute atomic E-state index is 0.0652. The summed E-state index contributed by atoms with van der Waals surface area (Å²) in [5.74, 6) is -3.85. The molecule has 0 aliphatic carbocycles. The van der Waals surface area contributed by atoms with Crippen molar-refractivity contribution in [3.8, 4) is 5.75 Å². The van der Waals surface area contributed by atoms with E-state index in [1.807, 2.05) is 0 Å². The molecule has 1 aliphatic rings. The summed E-state index contributed by atoms with van der Waals surface area (Å²) >= 11 is 3.25. The van der Waals surface area contributed by atoms with Gasteiger partial charge in [-0.1, -0.05) is 15.9 Å². The van der Waals surface area contributed by atoms with Crippen molar-refractivity contribution in [3.63, 3.8) is 0 Å². The van der Waals surface area contributed by atoms with Crippen molar-refractivity contribution >= 4 is 33.6 Å². The number of hydrogen-bond donors (Lipinski definition) is 2. The summed E-state index contributed by atoms with van der Waals surface area (Å²) in [5.41, 5.74) is -7.29. The largest absolute Gasteiger partial charge is 0.493 e. The van der Waals surface area contributed by atoms with Crippen molar-refractivity contribution in [2.45, 2.75) is 38.3 Å². The molecule has 0 radical (unpaired) electrons. The molecule has 0 amide bonds. The van der Waals surface area contributed by atoms with Gasteiger partial charge < -0.3 is 19.8 Å². The van der Waals surface area contributed by atoms with Gasteiger partial charge in [0.1, 0.15) is 11.4 Å². The van der Waals surface area contributed by atoms with Gasteiger partial charge in [-0.05, 0) is 32.8 Å². The minimum atomic E-state index is -5.17. The van der Waals surface area contributed by atoms with Crippen LogP contribution in [-0.4, -0.2) is 57.1 Å². The van der Waals surface area contributed by atoms with Crippen molar-refractivity contribution in [1.29, 1.82) is 0 Å². The maximum Gasteiger partial charge on any atom is 0.432 e. The summed E-state index contributed by atoms with van der Waals surface area (Å²) in [5, 5.41) is 32.0. The van der Waals surface area contributed by atoms with Gasteiger partial charge in [0.05, 0.1) is 28.1 Å². The minimum Gasteiger partial charge on any atom is -0.493 e. The molecule has 13 heteroatoms. The van der Waals surface area contributed by atoms with E-state index in [9.17, 15) is 43.1 Å². The van der Waals surface area contributed by atoms with E-state index in [2.05, 4.69) is 15.9 Å². The third-order valence-corrected chi connectivity index (χ3v) is 6.19. The smallest absolute Gasteiger partial charge is 0.432 e. The Hall–Kier alpha value is -3.09. The lowest BCUT2D eigenvalue weighted by molar-refractivity contribution is -0.385. The first-order chi connectivity index (χ1) is 15.7. The Bertz CT molecular complexity index is 1080. The molecule has 34 heavy (non-hydrogen) atoms. The SMILES string of the molecule is CC1=C(C(=O)O)C(C)(c2cc([N+](=O)[O-])ccc2OCCCCBr)C(C(=O)O)=C(C(F)(F)F)N1C. The van der Waals surface area contributed by atoms with Gasteiger partial charge >= 0.3 is 18.1 Å². The van der Waals surface area contributed by atoms with Crippen molar-refractivity contribution in [2.24, 2.45) is 0 Å². The van der Waals surface area contributed by atoms with Gasteiger partial charge in [0.2, 0.25) is 0 Å². The van der Waals surface area contributed by atoms with Crippen LogP contribution < -0.4 is 4.74 Å². The highest BCUT2D eigenvalue weighted by molar-refractivity contribution is 9.09. The first-order valence-corrected chi connectivity index (χ1v) is 11.0. The second-order valence-electron chi connectivity index (χ2n) is 7.66. The standard InChI is InChI=1S/C21H22BrF3N2O7/c1-11-15(18(28)29)20(2,16(19(30)31)17(26(11)3)21(23,24)25)13-10-12(27(32)33)6-7-14(13)34-9-5-4-8-22/h6-7,10H,4-5,8-9H2,1-3H3,(H,28,29)(H,30,31). The molecule has 1 aliphatic heterocycles. The fourth-order valence-corrected chi connectivity index (χ4v) is 4.44. The number of rotatable bonds is 9. The number of unbranched alkanes of at least 4 members (excludes halogenated alkanes) is 1. The van der Waals surface area contributed by atoms with Gasteiger partial charge in [-0.25, -0.2) is 9.59 Å². The fourth-order valence-electron chi connectivity index (χ4n) is 4.04. The number of nitrogens with zero attached hydrogens (tertiary/aromatic N) is 2. The van der Waals surface area contributed by atoms with Crippen LogP contribution >= 0.6 is 15.9 Å². The molecule has 0 spiro atoms. The molecule has 0 aromatic heterocycles. The van der Waals surface area contributed by atoms with Gasteiger partial charge in [-0.3, -0.25) is 10.1 Å². The average Bonchev–Trinajstić information content (AvgIpc) is 2.72. The van der Waals surface area contributed by atoms with E-state index >= 15 is 0 Å². The van der Waals surface area contributed by atoms with Crippen LogP contribution in [0.4, 0.5) is 18.9 Å². The Morgan fingerprint density at radius 2 is 1.79 bits per heavy atom. The van der Waals surface area contributed by atoms with Crippen LogP contribution in [0.2, 0.25) is 0 Å². The second kappa shape index (κ2) is 10.0. The zero-order chi connectivity index (χ0) is 26.0. The normalized spacial score (nSPS) is 18.9. The van der Waals surface area contributed by atoms with Crippen LogP contribution in [0.3, 0.4) is 0 Å². The number of alkyl halides is 4. The van der Waals surface area contributed by atoms with Crippen molar-refractivity contribution < 1.29 is 42.6 Å².